The Labute approximate surface area is 166 Å². The van der Waals surface area contributed by atoms with E-state index in [2.05, 4.69) is 19.2 Å². The molecule has 6 nitrogen and oxygen atoms in total. The number of carbonyl (C=O) groups is 1. The van der Waals surface area contributed by atoms with Crippen LogP contribution in [0.25, 0.3) is 5.65 Å². The maximum Gasteiger partial charge on any atom is 0.256 e. The van der Waals surface area contributed by atoms with Crippen LogP contribution < -0.4 is 10.1 Å². The van der Waals surface area contributed by atoms with Crippen LogP contribution in [0.3, 0.4) is 0 Å². The topological polar surface area (TPSA) is 64.9 Å². The quantitative estimate of drug-likeness (QED) is 0.870. The van der Waals surface area contributed by atoms with Crippen molar-refractivity contribution in [3.8, 4) is 5.75 Å². The number of nitrogens with zero attached hydrogens (tertiary/aromatic N) is 2. The molecule has 1 aliphatic heterocycles. The minimum Gasteiger partial charge on any atom is -0.496 e. The summed E-state index contributed by atoms with van der Waals surface area (Å²) in [6.07, 6.45) is 9.34. The summed E-state index contributed by atoms with van der Waals surface area (Å²) < 4.78 is 12.9. The van der Waals surface area contributed by atoms with Gasteiger partial charge < -0.3 is 19.2 Å². The monoisotopic (exact) mass is 385 g/mol. The average Bonchev–Trinajstić information content (AvgIpc) is 3.14. The fourth-order valence-corrected chi connectivity index (χ4v) is 4.60. The third-order valence-corrected chi connectivity index (χ3v) is 6.70. The Balaban J connectivity index is 1.59. The SMILES string of the molecule is COc1cc2nc(C3CCOCC3)cn2cc1C(=O)NC1CCCC(C)C1C. The number of rotatable bonds is 4. The molecule has 1 aliphatic carbocycles. The molecule has 3 unspecified atom stereocenters. The van der Waals surface area contributed by atoms with Gasteiger partial charge in [0.2, 0.25) is 0 Å². The van der Waals surface area contributed by atoms with Crippen LogP contribution in [0.15, 0.2) is 18.5 Å². The molecule has 0 bridgehead atoms. The first-order chi connectivity index (χ1) is 13.6. The van der Waals surface area contributed by atoms with Gasteiger partial charge in [0.15, 0.2) is 0 Å². The molecule has 1 amide bonds. The predicted molar refractivity (Wildman–Crippen MR) is 108 cm³/mol. The van der Waals surface area contributed by atoms with Crippen LogP contribution in [0, 0.1) is 11.8 Å². The highest BCUT2D eigenvalue weighted by Gasteiger charge is 2.29. The van der Waals surface area contributed by atoms with Crippen molar-refractivity contribution in [3.63, 3.8) is 0 Å². The van der Waals surface area contributed by atoms with Crippen LogP contribution in [0.1, 0.15) is 67.9 Å². The van der Waals surface area contributed by atoms with E-state index in [9.17, 15) is 4.79 Å². The number of ether oxygens (including phenoxy) is 2. The second-order valence-electron chi connectivity index (χ2n) is 8.42. The highest BCUT2D eigenvalue weighted by Crippen LogP contribution is 2.31. The smallest absolute Gasteiger partial charge is 0.256 e. The Kier molecular flexibility index (Phi) is 5.58. The molecule has 2 fully saturated rings. The Morgan fingerprint density at radius 2 is 2.00 bits per heavy atom. The maximum atomic E-state index is 13.1. The van der Waals surface area contributed by atoms with Gasteiger partial charge in [-0.2, -0.15) is 0 Å². The number of methoxy groups -OCH3 is 1. The molecule has 2 aromatic rings. The molecule has 1 N–H and O–H groups in total. The van der Waals surface area contributed by atoms with Crippen LogP contribution in [0.2, 0.25) is 0 Å². The Morgan fingerprint density at radius 3 is 2.75 bits per heavy atom. The van der Waals surface area contributed by atoms with Crippen molar-refractivity contribution in [3.05, 3.63) is 29.7 Å². The molecular weight excluding hydrogens is 354 g/mol. The largest absolute Gasteiger partial charge is 0.496 e. The van der Waals surface area contributed by atoms with E-state index in [-0.39, 0.29) is 11.9 Å². The predicted octanol–water partition coefficient (Wildman–Crippen LogP) is 3.79. The molecule has 0 radical (unpaired) electrons. The zero-order valence-electron chi connectivity index (χ0n) is 17.1. The molecule has 0 aromatic carbocycles. The molecule has 1 saturated heterocycles. The second-order valence-corrected chi connectivity index (χ2v) is 8.42. The molecule has 152 valence electrons. The van der Waals surface area contributed by atoms with Gasteiger partial charge in [0.1, 0.15) is 11.4 Å². The minimum atomic E-state index is -0.0639. The highest BCUT2D eigenvalue weighted by molar-refractivity contribution is 5.97. The van der Waals surface area contributed by atoms with E-state index in [0.717, 1.165) is 43.8 Å². The first-order valence-corrected chi connectivity index (χ1v) is 10.5. The third-order valence-electron chi connectivity index (χ3n) is 6.70. The van der Waals surface area contributed by atoms with Crippen LogP contribution in [0.5, 0.6) is 5.75 Å². The van der Waals surface area contributed by atoms with E-state index in [1.54, 1.807) is 7.11 Å². The number of aromatic nitrogens is 2. The molecule has 6 heteroatoms. The second kappa shape index (κ2) is 8.11. The van der Waals surface area contributed by atoms with Crippen molar-refractivity contribution in [2.24, 2.45) is 11.8 Å². The fourth-order valence-electron chi connectivity index (χ4n) is 4.60. The lowest BCUT2D eigenvalue weighted by molar-refractivity contribution is 0.0846. The zero-order valence-corrected chi connectivity index (χ0v) is 17.1. The van der Waals surface area contributed by atoms with Crippen LogP contribution in [-0.2, 0) is 4.74 Å². The highest BCUT2D eigenvalue weighted by atomic mass is 16.5. The lowest BCUT2D eigenvalue weighted by Gasteiger charge is -2.34. The first-order valence-electron chi connectivity index (χ1n) is 10.5. The van der Waals surface area contributed by atoms with Crippen molar-refractivity contribution >= 4 is 11.6 Å². The summed E-state index contributed by atoms with van der Waals surface area (Å²) in [5.74, 6) is 2.05. The number of fused-ring (bicyclic) bond motifs is 1. The van der Waals surface area contributed by atoms with Gasteiger partial charge in [-0.1, -0.05) is 26.7 Å². The van der Waals surface area contributed by atoms with Gasteiger partial charge in [0.05, 0.1) is 18.4 Å². The van der Waals surface area contributed by atoms with Gasteiger partial charge in [-0.15, -0.1) is 0 Å². The molecule has 3 heterocycles. The van der Waals surface area contributed by atoms with Crippen molar-refractivity contribution in [1.29, 1.82) is 0 Å². The number of pyridine rings is 1. The molecule has 4 rings (SSSR count). The summed E-state index contributed by atoms with van der Waals surface area (Å²) in [7, 11) is 1.61. The van der Waals surface area contributed by atoms with E-state index in [4.69, 9.17) is 14.5 Å². The van der Waals surface area contributed by atoms with Gasteiger partial charge in [0.25, 0.3) is 5.91 Å². The number of amides is 1. The lowest BCUT2D eigenvalue weighted by atomic mass is 9.78. The van der Waals surface area contributed by atoms with Crippen molar-refractivity contribution < 1.29 is 14.3 Å². The number of nitrogens with one attached hydrogen (secondary N) is 1. The Morgan fingerprint density at radius 1 is 1.21 bits per heavy atom. The number of carbonyl (C=O) groups excluding carboxylic acids is 1. The van der Waals surface area contributed by atoms with E-state index < -0.39 is 0 Å². The molecule has 0 spiro atoms. The summed E-state index contributed by atoms with van der Waals surface area (Å²) in [4.78, 5) is 17.8. The number of imidazole rings is 1. The summed E-state index contributed by atoms with van der Waals surface area (Å²) in [6.45, 7) is 6.09. The molecule has 2 aromatic heterocycles. The molecular formula is C22H31N3O3. The van der Waals surface area contributed by atoms with Gasteiger partial charge in [-0.05, 0) is 31.1 Å². The summed E-state index contributed by atoms with van der Waals surface area (Å²) in [5, 5.41) is 3.26. The average molecular weight is 386 g/mol. The summed E-state index contributed by atoms with van der Waals surface area (Å²) in [5.41, 5.74) is 2.45. The van der Waals surface area contributed by atoms with Crippen molar-refractivity contribution in [2.45, 2.75) is 57.9 Å². The fraction of sp³-hybridized carbons (Fsp3) is 0.636. The van der Waals surface area contributed by atoms with Gasteiger partial charge in [-0.3, -0.25) is 4.79 Å². The number of hydrogen-bond acceptors (Lipinski definition) is 4. The number of hydrogen-bond donors (Lipinski definition) is 1. The summed E-state index contributed by atoms with van der Waals surface area (Å²) in [6, 6.07) is 2.09. The zero-order chi connectivity index (χ0) is 19.7. The van der Waals surface area contributed by atoms with E-state index in [0.29, 0.717) is 29.1 Å². The van der Waals surface area contributed by atoms with Crippen molar-refractivity contribution in [2.75, 3.05) is 20.3 Å². The lowest BCUT2D eigenvalue weighted by Crippen LogP contribution is -2.43. The van der Waals surface area contributed by atoms with E-state index in [1.807, 2.05) is 22.9 Å². The Hall–Kier alpha value is -2.08. The van der Waals surface area contributed by atoms with E-state index >= 15 is 0 Å². The molecule has 3 atom stereocenters. The van der Waals surface area contributed by atoms with Crippen LogP contribution in [0.4, 0.5) is 0 Å². The van der Waals surface area contributed by atoms with Gasteiger partial charge in [-0.25, -0.2) is 4.98 Å². The molecule has 1 saturated carbocycles. The van der Waals surface area contributed by atoms with E-state index in [1.165, 1.54) is 12.8 Å². The maximum absolute atomic E-state index is 13.1. The first kappa shape index (κ1) is 19.2. The Bertz CT molecular complexity index is 841. The molecule has 2 aliphatic rings. The third kappa shape index (κ3) is 3.75. The molecule has 28 heavy (non-hydrogen) atoms. The van der Waals surface area contributed by atoms with Crippen LogP contribution in [-0.4, -0.2) is 41.7 Å². The van der Waals surface area contributed by atoms with Gasteiger partial charge >= 0.3 is 0 Å². The minimum absolute atomic E-state index is 0.0639. The summed E-state index contributed by atoms with van der Waals surface area (Å²) >= 11 is 0. The van der Waals surface area contributed by atoms with Gasteiger partial charge in [0, 0.05) is 43.6 Å². The standard InChI is InChI=1S/C22H31N3O3/c1-14-5-4-6-18(15(14)2)24-22(26)17-12-25-13-19(16-7-9-28-10-8-16)23-21(25)11-20(17)27-3/h11-16,18H,4-10H2,1-3H3,(H,24,26). The van der Waals surface area contributed by atoms with Crippen molar-refractivity contribution in [1.82, 2.24) is 14.7 Å². The van der Waals surface area contributed by atoms with Crippen LogP contribution >= 0.6 is 0 Å². The normalized spacial score (nSPS) is 26.3.